The molecule has 2 aromatic carbocycles. The number of nitrogens with zero attached hydrogens (tertiary/aromatic N) is 1. The van der Waals surface area contributed by atoms with Crippen molar-refractivity contribution in [3.8, 4) is 17.2 Å². The molecule has 0 aliphatic carbocycles. The number of anilines is 1. The zero-order valence-corrected chi connectivity index (χ0v) is 15.8. The Morgan fingerprint density at radius 3 is 2.86 bits per heavy atom. The van der Waals surface area contributed by atoms with Crippen LogP contribution < -0.4 is 19.8 Å². The number of phenolic OH excluding ortho intramolecular Hbond substituents is 1. The summed E-state index contributed by atoms with van der Waals surface area (Å²) in [5, 5.41) is 15.4. The normalized spacial score (nSPS) is 13.4. The van der Waals surface area contributed by atoms with Crippen LogP contribution in [0.25, 0.3) is 10.9 Å². The number of aromatic hydroxyl groups is 1. The molecule has 6 heteroatoms. The lowest BCUT2D eigenvalue weighted by Gasteiger charge is -2.18. The molecular formula is C23H20N3O3+. The molecule has 4 aromatic rings. The van der Waals surface area contributed by atoms with Gasteiger partial charge in [-0.15, -0.1) is 0 Å². The van der Waals surface area contributed by atoms with Gasteiger partial charge in [0, 0.05) is 28.8 Å². The average molecular weight is 386 g/mol. The summed E-state index contributed by atoms with van der Waals surface area (Å²) in [6.07, 6.45) is 3.57. The number of hydrogen-bond donors (Lipinski definition) is 2. The molecule has 144 valence electrons. The highest BCUT2D eigenvalue weighted by molar-refractivity contribution is 5.86. The van der Waals surface area contributed by atoms with Crippen LogP contribution in [0.5, 0.6) is 17.2 Å². The number of nitrogens with one attached hydrogen (secondary N) is 2. The summed E-state index contributed by atoms with van der Waals surface area (Å²) in [4.78, 5) is 7.59. The van der Waals surface area contributed by atoms with Crippen molar-refractivity contribution in [2.45, 2.75) is 13.0 Å². The highest BCUT2D eigenvalue weighted by Crippen LogP contribution is 2.40. The Kier molecular flexibility index (Phi) is 4.17. The zero-order valence-electron chi connectivity index (χ0n) is 15.8. The first kappa shape index (κ1) is 17.3. The third-order valence-corrected chi connectivity index (χ3v) is 5.08. The van der Waals surface area contributed by atoms with Crippen LogP contribution in [0.1, 0.15) is 22.7 Å². The number of aromatic amines is 1. The highest BCUT2D eigenvalue weighted by atomic mass is 16.7. The Morgan fingerprint density at radius 2 is 1.97 bits per heavy atom. The minimum atomic E-state index is -0.325. The smallest absolute Gasteiger partial charge is 0.273 e. The lowest BCUT2D eigenvalue weighted by Crippen LogP contribution is -2.19. The molecule has 6 nitrogen and oxygen atoms in total. The van der Waals surface area contributed by atoms with Crippen molar-refractivity contribution in [1.82, 2.24) is 4.98 Å². The van der Waals surface area contributed by atoms with Crippen LogP contribution in [0.3, 0.4) is 0 Å². The number of benzene rings is 2. The summed E-state index contributed by atoms with van der Waals surface area (Å²) in [7, 11) is 0. The van der Waals surface area contributed by atoms with E-state index in [9.17, 15) is 5.11 Å². The van der Waals surface area contributed by atoms with Gasteiger partial charge in [0.05, 0.1) is 6.20 Å². The molecule has 0 saturated heterocycles. The minimum Gasteiger partial charge on any atom is -0.505 e. The van der Waals surface area contributed by atoms with E-state index in [1.54, 1.807) is 6.20 Å². The average Bonchev–Trinajstić information content (AvgIpc) is 3.21. The van der Waals surface area contributed by atoms with Crippen molar-refractivity contribution in [2.24, 2.45) is 0 Å². The number of ether oxygens (including phenoxy) is 2. The molecule has 1 aliphatic heterocycles. The van der Waals surface area contributed by atoms with Gasteiger partial charge in [0.2, 0.25) is 6.79 Å². The van der Waals surface area contributed by atoms with Crippen molar-refractivity contribution in [1.29, 1.82) is 0 Å². The van der Waals surface area contributed by atoms with Crippen molar-refractivity contribution >= 4 is 16.7 Å². The van der Waals surface area contributed by atoms with Gasteiger partial charge in [0.1, 0.15) is 17.3 Å². The number of H-pyrrole nitrogens is 1. The zero-order chi connectivity index (χ0) is 19.8. The van der Waals surface area contributed by atoms with Gasteiger partial charge in [-0.05, 0) is 42.8 Å². The third kappa shape index (κ3) is 3.18. The van der Waals surface area contributed by atoms with E-state index in [1.807, 2.05) is 67.7 Å². The van der Waals surface area contributed by atoms with Crippen LogP contribution in [0.15, 0.2) is 67.0 Å². The first-order valence-corrected chi connectivity index (χ1v) is 9.40. The fourth-order valence-corrected chi connectivity index (χ4v) is 3.63. The number of aromatic nitrogens is 2. The van der Waals surface area contributed by atoms with E-state index < -0.39 is 0 Å². The van der Waals surface area contributed by atoms with Crippen LogP contribution in [-0.4, -0.2) is 16.9 Å². The first-order valence-electron chi connectivity index (χ1n) is 9.40. The van der Waals surface area contributed by atoms with Gasteiger partial charge in [-0.3, -0.25) is 10.3 Å². The van der Waals surface area contributed by atoms with E-state index in [2.05, 4.69) is 15.3 Å². The Bertz CT molecular complexity index is 1210. The second-order valence-electron chi connectivity index (χ2n) is 7.05. The largest absolute Gasteiger partial charge is 0.505 e. The predicted octanol–water partition coefficient (Wildman–Crippen LogP) is 3.99. The summed E-state index contributed by atoms with van der Waals surface area (Å²) >= 11 is 0. The SMILES string of the molecule is Cc1cc[nH+]c(N[C@H](c2ccc3c(c2)OCO3)c2ccc3cccnc3c2O)c1. The molecule has 3 heterocycles. The molecule has 5 rings (SSSR count). The summed E-state index contributed by atoms with van der Waals surface area (Å²) in [5.41, 5.74) is 3.37. The molecule has 0 radical (unpaired) electrons. The van der Waals surface area contributed by atoms with Crippen molar-refractivity contribution in [2.75, 3.05) is 12.1 Å². The fraction of sp³-hybridized carbons (Fsp3) is 0.130. The topological polar surface area (TPSA) is 77.8 Å². The summed E-state index contributed by atoms with van der Waals surface area (Å²) in [6, 6.07) is 17.2. The predicted molar refractivity (Wildman–Crippen MR) is 109 cm³/mol. The van der Waals surface area contributed by atoms with Crippen LogP contribution in [0.4, 0.5) is 5.82 Å². The standard InChI is InChI=1S/C23H19N3O3/c1-14-8-10-24-20(11-14)26-21(16-5-7-18-19(12-16)29-13-28-18)17-6-4-15-3-2-9-25-22(15)23(17)27/h2-12,21,27H,13H2,1H3,(H,24,26)/p+1/t21-/m1/s1. The fourth-order valence-electron chi connectivity index (χ4n) is 3.63. The summed E-state index contributed by atoms with van der Waals surface area (Å²) in [5.74, 6) is 2.42. The maximum absolute atomic E-state index is 11.0. The Hall–Kier alpha value is -3.80. The van der Waals surface area contributed by atoms with E-state index in [0.29, 0.717) is 11.3 Å². The van der Waals surface area contributed by atoms with Gasteiger partial charge in [0.25, 0.3) is 5.82 Å². The summed E-state index contributed by atoms with van der Waals surface area (Å²) < 4.78 is 11.0. The third-order valence-electron chi connectivity index (χ3n) is 5.08. The van der Waals surface area contributed by atoms with Crippen LogP contribution in [-0.2, 0) is 0 Å². The number of rotatable bonds is 4. The molecule has 3 N–H and O–H groups in total. The maximum atomic E-state index is 11.0. The van der Waals surface area contributed by atoms with Gasteiger partial charge >= 0.3 is 0 Å². The van der Waals surface area contributed by atoms with Gasteiger partial charge in [-0.2, -0.15) is 0 Å². The summed E-state index contributed by atoms with van der Waals surface area (Å²) in [6.45, 7) is 2.25. The molecule has 2 aromatic heterocycles. The second-order valence-corrected chi connectivity index (χ2v) is 7.05. The molecule has 0 bridgehead atoms. The lowest BCUT2D eigenvalue weighted by atomic mass is 9.95. The van der Waals surface area contributed by atoms with E-state index in [0.717, 1.165) is 33.6 Å². The molecule has 0 saturated carbocycles. The number of phenols is 1. The number of fused-ring (bicyclic) bond motifs is 2. The van der Waals surface area contributed by atoms with Gasteiger partial charge in [-0.25, -0.2) is 4.98 Å². The van der Waals surface area contributed by atoms with E-state index in [1.165, 1.54) is 0 Å². The Morgan fingerprint density at radius 1 is 1.07 bits per heavy atom. The van der Waals surface area contributed by atoms with E-state index in [-0.39, 0.29) is 18.6 Å². The molecular weight excluding hydrogens is 366 g/mol. The molecule has 1 atom stereocenters. The quantitative estimate of drug-likeness (QED) is 0.554. The van der Waals surface area contributed by atoms with Crippen LogP contribution in [0.2, 0.25) is 0 Å². The molecule has 0 spiro atoms. The van der Waals surface area contributed by atoms with Crippen molar-refractivity contribution < 1.29 is 19.6 Å². The van der Waals surface area contributed by atoms with E-state index >= 15 is 0 Å². The number of pyridine rings is 2. The molecule has 0 unspecified atom stereocenters. The second kappa shape index (κ2) is 6.98. The van der Waals surface area contributed by atoms with Gasteiger partial charge in [-0.1, -0.05) is 18.2 Å². The van der Waals surface area contributed by atoms with Crippen LogP contribution >= 0.6 is 0 Å². The van der Waals surface area contributed by atoms with Crippen molar-refractivity contribution in [3.05, 3.63) is 83.7 Å². The first-order chi connectivity index (χ1) is 14.2. The lowest BCUT2D eigenvalue weighted by molar-refractivity contribution is -0.361. The molecule has 0 amide bonds. The van der Waals surface area contributed by atoms with Gasteiger partial charge < -0.3 is 14.6 Å². The Labute approximate surface area is 167 Å². The minimum absolute atomic E-state index is 0.158. The number of aryl methyl sites for hydroxylation is 1. The maximum Gasteiger partial charge on any atom is 0.273 e. The molecule has 0 fully saturated rings. The molecule has 29 heavy (non-hydrogen) atoms. The van der Waals surface area contributed by atoms with Gasteiger partial charge in [0.15, 0.2) is 11.5 Å². The highest BCUT2D eigenvalue weighted by Gasteiger charge is 2.26. The van der Waals surface area contributed by atoms with E-state index in [4.69, 9.17) is 9.47 Å². The monoisotopic (exact) mass is 386 g/mol. The Balaban J connectivity index is 1.65. The van der Waals surface area contributed by atoms with Crippen LogP contribution in [0, 0.1) is 6.92 Å². The van der Waals surface area contributed by atoms with Crippen molar-refractivity contribution in [3.63, 3.8) is 0 Å². The number of hydrogen-bond acceptors (Lipinski definition) is 5. The molecule has 1 aliphatic rings.